The molecule has 1 aromatic heterocycles. The molecule has 0 unspecified atom stereocenters. The number of non-ortho nitro benzene ring substituents is 1. The van der Waals surface area contributed by atoms with E-state index in [1.807, 2.05) is 13.8 Å². The first-order valence-electron chi connectivity index (χ1n) is 10.5. The van der Waals surface area contributed by atoms with Crippen LogP contribution in [0.1, 0.15) is 33.3 Å². The average molecular weight is 582 g/mol. The predicted molar refractivity (Wildman–Crippen MR) is 140 cm³/mol. The van der Waals surface area contributed by atoms with E-state index in [2.05, 4.69) is 21.2 Å². The highest BCUT2D eigenvalue weighted by Gasteiger charge is 2.26. The van der Waals surface area contributed by atoms with E-state index in [9.17, 15) is 19.7 Å². The van der Waals surface area contributed by atoms with Gasteiger partial charge in [0.25, 0.3) is 11.6 Å². The number of hydrogen-bond donors (Lipinski definition) is 1. The number of thiophene rings is 1. The van der Waals surface area contributed by atoms with E-state index in [-0.39, 0.29) is 24.5 Å². The Hall–Kier alpha value is -2.95. The molecule has 3 aromatic rings. The van der Waals surface area contributed by atoms with Gasteiger partial charge < -0.3 is 14.8 Å². The molecule has 0 aliphatic rings. The minimum Gasteiger partial charge on any atom is -0.483 e. The number of carbonyl (C=O) groups is 2. The highest BCUT2D eigenvalue weighted by molar-refractivity contribution is 9.10. The molecule has 184 valence electrons. The molecule has 0 atom stereocenters. The van der Waals surface area contributed by atoms with Crippen LogP contribution >= 0.6 is 38.9 Å². The molecule has 1 heterocycles. The molecule has 0 spiro atoms. The standard InChI is InChI=1S/C24H22BrClN2O6S/c1-5-33-24(30)20-19(15-6-8-16(9-7-15)28(31)32)14(4)35-23(20)27-18(29)11-34-17-10-12(2)22(26)13(3)21(17)25/h6-10H,5,11H2,1-4H3,(H,27,29). The summed E-state index contributed by atoms with van der Waals surface area (Å²) in [5.74, 6) is -0.601. The molecular weight excluding hydrogens is 560 g/mol. The first-order valence-corrected chi connectivity index (χ1v) is 12.5. The fourth-order valence-electron chi connectivity index (χ4n) is 3.44. The summed E-state index contributed by atoms with van der Waals surface area (Å²) >= 11 is 10.9. The third-order valence-electron chi connectivity index (χ3n) is 5.11. The number of esters is 1. The molecule has 3 rings (SSSR count). The van der Waals surface area contributed by atoms with Crippen molar-refractivity contribution in [2.24, 2.45) is 0 Å². The normalized spacial score (nSPS) is 10.7. The van der Waals surface area contributed by atoms with Crippen molar-refractivity contribution in [1.82, 2.24) is 0 Å². The van der Waals surface area contributed by atoms with Gasteiger partial charge in [-0.1, -0.05) is 11.6 Å². The van der Waals surface area contributed by atoms with E-state index in [1.54, 1.807) is 32.0 Å². The van der Waals surface area contributed by atoms with Gasteiger partial charge in [0.15, 0.2) is 6.61 Å². The summed E-state index contributed by atoms with van der Waals surface area (Å²) in [5, 5.41) is 14.7. The van der Waals surface area contributed by atoms with E-state index >= 15 is 0 Å². The number of hydrogen-bond acceptors (Lipinski definition) is 7. The molecule has 0 aliphatic carbocycles. The maximum absolute atomic E-state index is 12.8. The van der Waals surface area contributed by atoms with Gasteiger partial charge in [0, 0.05) is 27.6 Å². The summed E-state index contributed by atoms with van der Waals surface area (Å²) in [6.07, 6.45) is 0. The second-order valence-electron chi connectivity index (χ2n) is 7.54. The number of nitrogens with zero attached hydrogens (tertiary/aromatic N) is 1. The lowest BCUT2D eigenvalue weighted by Crippen LogP contribution is -2.21. The number of nitro benzene ring substituents is 1. The molecule has 0 radical (unpaired) electrons. The summed E-state index contributed by atoms with van der Waals surface area (Å²) < 4.78 is 11.6. The van der Waals surface area contributed by atoms with Crippen molar-refractivity contribution in [2.45, 2.75) is 27.7 Å². The lowest BCUT2D eigenvalue weighted by Gasteiger charge is -2.13. The zero-order chi connectivity index (χ0) is 25.9. The number of halogens is 2. The molecule has 0 saturated heterocycles. The Balaban J connectivity index is 1.89. The lowest BCUT2D eigenvalue weighted by molar-refractivity contribution is -0.384. The van der Waals surface area contributed by atoms with Gasteiger partial charge in [0.05, 0.1) is 16.0 Å². The Morgan fingerprint density at radius 1 is 1.20 bits per heavy atom. The summed E-state index contributed by atoms with van der Waals surface area (Å²) in [7, 11) is 0. The van der Waals surface area contributed by atoms with Crippen LogP contribution in [0.4, 0.5) is 10.7 Å². The van der Waals surface area contributed by atoms with Crippen molar-refractivity contribution in [3.05, 3.63) is 71.5 Å². The van der Waals surface area contributed by atoms with Crippen LogP contribution in [0.2, 0.25) is 5.02 Å². The van der Waals surface area contributed by atoms with Crippen LogP contribution < -0.4 is 10.1 Å². The monoisotopic (exact) mass is 580 g/mol. The summed E-state index contributed by atoms with van der Waals surface area (Å²) in [6, 6.07) is 7.59. The number of aryl methyl sites for hydroxylation is 2. The zero-order valence-electron chi connectivity index (χ0n) is 19.4. The molecule has 35 heavy (non-hydrogen) atoms. The van der Waals surface area contributed by atoms with Gasteiger partial charge in [-0.05, 0) is 78.5 Å². The van der Waals surface area contributed by atoms with E-state index in [0.717, 1.165) is 16.0 Å². The van der Waals surface area contributed by atoms with Crippen molar-refractivity contribution >= 4 is 61.4 Å². The maximum Gasteiger partial charge on any atom is 0.341 e. The van der Waals surface area contributed by atoms with Crippen molar-refractivity contribution in [3.8, 4) is 16.9 Å². The highest BCUT2D eigenvalue weighted by Crippen LogP contribution is 2.41. The fourth-order valence-corrected chi connectivity index (χ4v) is 5.21. The number of nitro groups is 1. The van der Waals surface area contributed by atoms with Crippen molar-refractivity contribution in [3.63, 3.8) is 0 Å². The lowest BCUT2D eigenvalue weighted by atomic mass is 10.0. The summed E-state index contributed by atoms with van der Waals surface area (Å²) in [6.45, 7) is 7.01. The Morgan fingerprint density at radius 3 is 2.46 bits per heavy atom. The first-order chi connectivity index (χ1) is 16.5. The SMILES string of the molecule is CCOC(=O)c1c(NC(=O)COc2cc(C)c(Cl)c(C)c2Br)sc(C)c1-c1ccc([N+](=O)[O-])cc1. The molecule has 8 nitrogen and oxygen atoms in total. The Kier molecular flexibility index (Phi) is 8.52. The van der Waals surface area contributed by atoms with Gasteiger partial charge in [-0.2, -0.15) is 0 Å². The second-order valence-corrected chi connectivity index (χ2v) is 9.94. The van der Waals surface area contributed by atoms with E-state index in [4.69, 9.17) is 21.1 Å². The number of nitrogens with one attached hydrogen (secondary N) is 1. The average Bonchev–Trinajstić information content (AvgIpc) is 3.14. The Labute approximate surface area is 219 Å². The molecule has 0 fully saturated rings. The number of ether oxygens (including phenoxy) is 2. The van der Waals surface area contributed by atoms with Crippen LogP contribution in [0.5, 0.6) is 5.75 Å². The molecule has 1 amide bonds. The number of carbonyl (C=O) groups excluding carboxylic acids is 2. The van der Waals surface area contributed by atoms with E-state index < -0.39 is 16.8 Å². The third kappa shape index (κ3) is 5.83. The largest absolute Gasteiger partial charge is 0.483 e. The van der Waals surface area contributed by atoms with Crippen LogP contribution in [0.25, 0.3) is 11.1 Å². The van der Waals surface area contributed by atoms with Crippen LogP contribution in [-0.4, -0.2) is 30.0 Å². The van der Waals surface area contributed by atoms with Gasteiger partial charge >= 0.3 is 5.97 Å². The summed E-state index contributed by atoms with van der Waals surface area (Å²) in [5.41, 5.74) is 2.88. The van der Waals surface area contributed by atoms with Crippen molar-refractivity contribution in [2.75, 3.05) is 18.5 Å². The fraction of sp³-hybridized carbons (Fsp3) is 0.250. The number of anilines is 1. The van der Waals surface area contributed by atoms with Gasteiger partial charge in [-0.15, -0.1) is 11.3 Å². The Morgan fingerprint density at radius 2 is 1.86 bits per heavy atom. The van der Waals surface area contributed by atoms with E-state index in [0.29, 0.717) is 31.4 Å². The first kappa shape index (κ1) is 26.7. The molecule has 0 saturated carbocycles. The van der Waals surface area contributed by atoms with E-state index in [1.165, 1.54) is 23.5 Å². The van der Waals surface area contributed by atoms with Gasteiger partial charge in [0.2, 0.25) is 0 Å². The second kappa shape index (κ2) is 11.2. The number of rotatable bonds is 8. The molecule has 2 aromatic carbocycles. The Bertz CT molecular complexity index is 1310. The predicted octanol–water partition coefficient (Wildman–Crippen LogP) is 6.86. The third-order valence-corrected chi connectivity index (χ3v) is 7.70. The topological polar surface area (TPSA) is 108 Å². The van der Waals surface area contributed by atoms with Gasteiger partial charge in [0.1, 0.15) is 16.3 Å². The van der Waals surface area contributed by atoms with Gasteiger partial charge in [-0.25, -0.2) is 4.79 Å². The highest BCUT2D eigenvalue weighted by atomic mass is 79.9. The molecular formula is C24H22BrClN2O6S. The van der Waals surface area contributed by atoms with Gasteiger partial charge in [-0.3, -0.25) is 14.9 Å². The smallest absolute Gasteiger partial charge is 0.341 e. The molecule has 1 N–H and O–H groups in total. The van der Waals surface area contributed by atoms with Crippen molar-refractivity contribution < 1.29 is 24.0 Å². The quantitative estimate of drug-likeness (QED) is 0.177. The minimum absolute atomic E-state index is 0.0659. The van der Waals surface area contributed by atoms with Crippen LogP contribution in [0.15, 0.2) is 34.8 Å². The molecule has 0 aliphatic heterocycles. The minimum atomic E-state index is -0.604. The maximum atomic E-state index is 12.8. The summed E-state index contributed by atoms with van der Waals surface area (Å²) in [4.78, 5) is 36.8. The number of benzene rings is 2. The molecule has 11 heteroatoms. The van der Waals surface area contributed by atoms with Crippen LogP contribution in [-0.2, 0) is 9.53 Å². The van der Waals surface area contributed by atoms with Crippen molar-refractivity contribution in [1.29, 1.82) is 0 Å². The van der Waals surface area contributed by atoms with Crippen LogP contribution in [0.3, 0.4) is 0 Å². The molecule has 0 bridgehead atoms. The number of amides is 1. The zero-order valence-corrected chi connectivity index (χ0v) is 22.5. The van der Waals surface area contributed by atoms with Crippen LogP contribution in [0, 0.1) is 30.9 Å².